The SMILES string of the molecule is CNC(=O)C(C1CCCC1)N1CCN(C(=O)c2ccc(C)cc2)CC1. The van der Waals surface area contributed by atoms with Crippen molar-refractivity contribution in [2.75, 3.05) is 33.2 Å². The molecular formula is C20H29N3O2. The number of benzene rings is 1. The van der Waals surface area contributed by atoms with Crippen molar-refractivity contribution in [3.05, 3.63) is 35.4 Å². The Bertz CT molecular complexity index is 600. The van der Waals surface area contributed by atoms with Crippen LogP contribution < -0.4 is 5.32 Å². The number of nitrogens with one attached hydrogen (secondary N) is 1. The highest BCUT2D eigenvalue weighted by atomic mass is 16.2. The van der Waals surface area contributed by atoms with E-state index in [9.17, 15) is 9.59 Å². The Labute approximate surface area is 150 Å². The van der Waals surface area contributed by atoms with Gasteiger partial charge in [-0.1, -0.05) is 30.5 Å². The van der Waals surface area contributed by atoms with Gasteiger partial charge in [0, 0.05) is 38.8 Å². The van der Waals surface area contributed by atoms with E-state index in [1.54, 1.807) is 7.05 Å². The van der Waals surface area contributed by atoms with Gasteiger partial charge in [-0.05, 0) is 37.8 Å². The molecule has 1 aromatic rings. The molecule has 0 spiro atoms. The van der Waals surface area contributed by atoms with Crippen LogP contribution in [0.25, 0.3) is 0 Å². The number of likely N-dealkylation sites (N-methyl/N-ethyl adjacent to an activating group) is 1. The summed E-state index contributed by atoms with van der Waals surface area (Å²) < 4.78 is 0. The standard InChI is InChI=1S/C20H29N3O2/c1-15-7-9-17(10-8-15)20(25)23-13-11-22(12-14-23)18(19(24)21-2)16-5-3-4-6-16/h7-10,16,18H,3-6,11-14H2,1-2H3,(H,21,24). The van der Waals surface area contributed by atoms with Gasteiger partial charge in [0.2, 0.25) is 5.91 Å². The zero-order chi connectivity index (χ0) is 17.8. The van der Waals surface area contributed by atoms with Crippen molar-refractivity contribution in [3.63, 3.8) is 0 Å². The van der Waals surface area contributed by atoms with E-state index < -0.39 is 0 Å². The minimum Gasteiger partial charge on any atom is -0.358 e. The monoisotopic (exact) mass is 343 g/mol. The Morgan fingerprint density at radius 2 is 1.64 bits per heavy atom. The van der Waals surface area contributed by atoms with Crippen LogP contribution in [0, 0.1) is 12.8 Å². The zero-order valence-corrected chi connectivity index (χ0v) is 15.3. The lowest BCUT2D eigenvalue weighted by Crippen LogP contribution is -2.57. The average Bonchev–Trinajstić information content (AvgIpc) is 3.16. The number of carbonyl (C=O) groups excluding carboxylic acids is 2. The van der Waals surface area contributed by atoms with Crippen LogP contribution in [0.4, 0.5) is 0 Å². The molecule has 136 valence electrons. The van der Waals surface area contributed by atoms with Gasteiger partial charge in [0.15, 0.2) is 0 Å². The molecule has 3 rings (SSSR count). The number of hydrogen-bond donors (Lipinski definition) is 1. The summed E-state index contributed by atoms with van der Waals surface area (Å²) in [6.45, 7) is 4.94. The van der Waals surface area contributed by atoms with E-state index in [1.165, 1.54) is 12.8 Å². The van der Waals surface area contributed by atoms with Crippen molar-refractivity contribution in [1.29, 1.82) is 0 Å². The second-order valence-corrected chi connectivity index (χ2v) is 7.30. The maximum Gasteiger partial charge on any atom is 0.253 e. The van der Waals surface area contributed by atoms with Gasteiger partial charge in [-0.3, -0.25) is 14.5 Å². The van der Waals surface area contributed by atoms with Gasteiger partial charge in [-0.25, -0.2) is 0 Å². The predicted octanol–water partition coefficient (Wildman–Crippen LogP) is 2.06. The van der Waals surface area contributed by atoms with Gasteiger partial charge in [0.05, 0.1) is 6.04 Å². The smallest absolute Gasteiger partial charge is 0.253 e. The first kappa shape index (κ1) is 17.9. The second kappa shape index (κ2) is 8.00. The van der Waals surface area contributed by atoms with Crippen LogP contribution >= 0.6 is 0 Å². The van der Waals surface area contributed by atoms with Gasteiger partial charge in [0.1, 0.15) is 0 Å². The summed E-state index contributed by atoms with van der Waals surface area (Å²) in [6, 6.07) is 7.71. The van der Waals surface area contributed by atoms with E-state index >= 15 is 0 Å². The third-order valence-corrected chi connectivity index (χ3v) is 5.65. The normalized spacial score (nSPS) is 20.5. The van der Waals surface area contributed by atoms with Crippen LogP contribution in [0.3, 0.4) is 0 Å². The molecule has 1 atom stereocenters. The highest BCUT2D eigenvalue weighted by molar-refractivity contribution is 5.94. The van der Waals surface area contributed by atoms with Gasteiger partial charge in [-0.2, -0.15) is 0 Å². The molecule has 5 heteroatoms. The third kappa shape index (κ3) is 4.03. The van der Waals surface area contributed by atoms with E-state index in [4.69, 9.17) is 0 Å². The second-order valence-electron chi connectivity index (χ2n) is 7.30. The summed E-state index contributed by atoms with van der Waals surface area (Å²) >= 11 is 0. The van der Waals surface area contributed by atoms with Gasteiger partial charge in [-0.15, -0.1) is 0 Å². The van der Waals surface area contributed by atoms with E-state index in [-0.39, 0.29) is 17.9 Å². The molecule has 1 aromatic carbocycles. The molecule has 1 saturated heterocycles. The highest BCUT2D eigenvalue weighted by Crippen LogP contribution is 2.31. The number of hydrogen-bond acceptors (Lipinski definition) is 3. The first-order valence-electron chi connectivity index (χ1n) is 9.41. The van der Waals surface area contributed by atoms with Crippen LogP contribution in [-0.4, -0.2) is 60.9 Å². The first-order valence-corrected chi connectivity index (χ1v) is 9.41. The average molecular weight is 343 g/mol. The molecule has 0 bridgehead atoms. The molecule has 0 aromatic heterocycles. The molecule has 5 nitrogen and oxygen atoms in total. The van der Waals surface area contributed by atoms with Crippen LogP contribution in [0.5, 0.6) is 0 Å². The Morgan fingerprint density at radius 3 is 2.20 bits per heavy atom. The maximum absolute atomic E-state index is 12.7. The Balaban J connectivity index is 1.62. The molecule has 1 N–H and O–H groups in total. The number of aryl methyl sites for hydroxylation is 1. The molecule has 2 amide bonds. The number of nitrogens with zero attached hydrogens (tertiary/aromatic N) is 2. The fourth-order valence-electron chi connectivity index (χ4n) is 4.18. The van der Waals surface area contributed by atoms with E-state index in [1.807, 2.05) is 36.1 Å². The van der Waals surface area contributed by atoms with Crippen LogP contribution in [0.1, 0.15) is 41.6 Å². The van der Waals surface area contributed by atoms with Crippen molar-refractivity contribution in [3.8, 4) is 0 Å². The lowest BCUT2D eigenvalue weighted by molar-refractivity contribution is -0.128. The summed E-state index contributed by atoms with van der Waals surface area (Å²) in [4.78, 5) is 29.3. The van der Waals surface area contributed by atoms with Gasteiger partial charge < -0.3 is 10.2 Å². The lowest BCUT2D eigenvalue weighted by Gasteiger charge is -2.40. The van der Waals surface area contributed by atoms with Crippen molar-refractivity contribution >= 4 is 11.8 Å². The van der Waals surface area contributed by atoms with Crippen LogP contribution in [0.15, 0.2) is 24.3 Å². The largest absolute Gasteiger partial charge is 0.358 e. The molecular weight excluding hydrogens is 314 g/mol. The summed E-state index contributed by atoms with van der Waals surface area (Å²) in [5.41, 5.74) is 1.91. The summed E-state index contributed by atoms with van der Waals surface area (Å²) in [5, 5.41) is 2.84. The maximum atomic E-state index is 12.7. The van der Waals surface area contributed by atoms with Crippen molar-refractivity contribution in [2.24, 2.45) is 5.92 Å². The molecule has 25 heavy (non-hydrogen) atoms. The zero-order valence-electron chi connectivity index (χ0n) is 15.3. The first-order chi connectivity index (χ1) is 12.1. The summed E-state index contributed by atoms with van der Waals surface area (Å²) in [6.07, 6.45) is 4.73. The van der Waals surface area contributed by atoms with E-state index in [0.29, 0.717) is 19.0 Å². The fraction of sp³-hybridized carbons (Fsp3) is 0.600. The van der Waals surface area contributed by atoms with Crippen LogP contribution in [-0.2, 0) is 4.79 Å². The van der Waals surface area contributed by atoms with Crippen LogP contribution in [0.2, 0.25) is 0 Å². The number of rotatable bonds is 4. The number of piperazine rings is 1. The predicted molar refractivity (Wildman–Crippen MR) is 98.5 cm³/mol. The van der Waals surface area contributed by atoms with Crippen molar-refractivity contribution in [1.82, 2.24) is 15.1 Å². The quantitative estimate of drug-likeness (QED) is 0.910. The van der Waals surface area contributed by atoms with E-state index in [2.05, 4.69) is 10.2 Å². The minimum absolute atomic E-state index is 0.0378. The fourth-order valence-corrected chi connectivity index (χ4v) is 4.18. The Kier molecular flexibility index (Phi) is 5.74. The Hall–Kier alpha value is -1.88. The molecule has 0 radical (unpaired) electrons. The number of carbonyl (C=O) groups is 2. The molecule has 1 heterocycles. The topological polar surface area (TPSA) is 52.7 Å². The third-order valence-electron chi connectivity index (χ3n) is 5.65. The summed E-state index contributed by atoms with van der Waals surface area (Å²) in [5.74, 6) is 0.682. The van der Waals surface area contributed by atoms with Gasteiger partial charge in [0.25, 0.3) is 5.91 Å². The summed E-state index contributed by atoms with van der Waals surface area (Å²) in [7, 11) is 1.72. The lowest BCUT2D eigenvalue weighted by atomic mass is 9.95. The van der Waals surface area contributed by atoms with Crippen molar-refractivity contribution < 1.29 is 9.59 Å². The molecule has 1 aliphatic carbocycles. The molecule has 1 saturated carbocycles. The molecule has 2 aliphatic rings. The van der Waals surface area contributed by atoms with E-state index in [0.717, 1.165) is 37.1 Å². The highest BCUT2D eigenvalue weighted by Gasteiger charge is 2.36. The van der Waals surface area contributed by atoms with Crippen molar-refractivity contribution in [2.45, 2.75) is 38.6 Å². The molecule has 2 fully saturated rings. The molecule has 1 unspecified atom stereocenters. The minimum atomic E-state index is -0.0378. The number of amides is 2. The van der Waals surface area contributed by atoms with Gasteiger partial charge >= 0.3 is 0 Å². The molecule has 1 aliphatic heterocycles. The Morgan fingerprint density at radius 1 is 1.04 bits per heavy atom.